The van der Waals surface area contributed by atoms with E-state index >= 15 is 0 Å². The molecule has 1 N–H and O–H groups in total. The first-order chi connectivity index (χ1) is 9.25. The van der Waals surface area contributed by atoms with Gasteiger partial charge in [0.05, 0.1) is 5.69 Å². The molecule has 2 aromatic carbocycles. The molecule has 0 saturated heterocycles. The summed E-state index contributed by atoms with van der Waals surface area (Å²) in [5.74, 6) is 0.347. The Balaban J connectivity index is 2.14. The Morgan fingerprint density at radius 3 is 2.79 bits per heavy atom. The number of hydrogen-bond donors (Lipinski definition) is 1. The molecule has 0 aliphatic heterocycles. The number of nitrogens with zero attached hydrogens (tertiary/aromatic N) is 1. The molecule has 94 valence electrons. The van der Waals surface area contributed by atoms with E-state index in [1.165, 1.54) is 33.3 Å². The minimum atomic E-state index is 0.347. The van der Waals surface area contributed by atoms with E-state index in [0.717, 1.165) is 12.8 Å². The Labute approximate surface area is 111 Å². The lowest BCUT2D eigenvalue weighted by molar-refractivity contribution is 0.476. The molecule has 4 rings (SSSR count). The van der Waals surface area contributed by atoms with Crippen molar-refractivity contribution in [1.29, 1.82) is 0 Å². The van der Waals surface area contributed by atoms with Gasteiger partial charge in [0.25, 0.3) is 0 Å². The third-order valence-electron chi connectivity index (χ3n) is 4.20. The highest BCUT2D eigenvalue weighted by Gasteiger charge is 2.22. The Morgan fingerprint density at radius 1 is 1.05 bits per heavy atom. The fourth-order valence-electron chi connectivity index (χ4n) is 3.33. The second-order valence-electron chi connectivity index (χ2n) is 5.24. The molecule has 2 heteroatoms. The highest BCUT2D eigenvalue weighted by Crippen LogP contribution is 2.40. The van der Waals surface area contributed by atoms with Crippen molar-refractivity contribution in [3.8, 4) is 17.0 Å². The lowest BCUT2D eigenvalue weighted by atomic mass is 9.89. The third-order valence-corrected chi connectivity index (χ3v) is 4.20. The molecular formula is C17H15NO. The van der Waals surface area contributed by atoms with Crippen LogP contribution < -0.4 is 0 Å². The summed E-state index contributed by atoms with van der Waals surface area (Å²) in [5.41, 5.74) is 6.63. The summed E-state index contributed by atoms with van der Waals surface area (Å²) < 4.78 is 2.25. The standard InChI is InChI=1S/C17H15NO/c1-18-16-9-7-12(19)10-15(16)14-8-6-11-4-2-3-5-13(11)17(14)18/h2-5,7,9-10,19H,6,8H2,1H3. The van der Waals surface area contributed by atoms with Crippen molar-refractivity contribution in [2.45, 2.75) is 12.8 Å². The lowest BCUT2D eigenvalue weighted by Crippen LogP contribution is -2.05. The first kappa shape index (κ1) is 10.7. The summed E-state index contributed by atoms with van der Waals surface area (Å²) in [4.78, 5) is 0. The van der Waals surface area contributed by atoms with Crippen molar-refractivity contribution < 1.29 is 5.11 Å². The molecule has 1 aromatic heterocycles. The van der Waals surface area contributed by atoms with Gasteiger partial charge < -0.3 is 9.67 Å². The van der Waals surface area contributed by atoms with E-state index in [1.54, 1.807) is 6.07 Å². The zero-order valence-corrected chi connectivity index (χ0v) is 10.9. The average Bonchev–Trinajstić information content (AvgIpc) is 2.72. The fraction of sp³-hybridized carbons (Fsp3) is 0.176. The second-order valence-corrected chi connectivity index (χ2v) is 5.24. The van der Waals surface area contributed by atoms with E-state index in [4.69, 9.17) is 0 Å². The van der Waals surface area contributed by atoms with Crippen LogP contribution in [0.25, 0.3) is 22.2 Å². The van der Waals surface area contributed by atoms with Gasteiger partial charge in [0.1, 0.15) is 5.75 Å². The van der Waals surface area contributed by atoms with Gasteiger partial charge in [-0.25, -0.2) is 0 Å². The molecule has 0 amide bonds. The normalized spacial score (nSPS) is 13.3. The van der Waals surface area contributed by atoms with Gasteiger partial charge in [0.15, 0.2) is 0 Å². The summed E-state index contributed by atoms with van der Waals surface area (Å²) >= 11 is 0. The molecule has 3 aromatic rings. The van der Waals surface area contributed by atoms with Crippen LogP contribution in [-0.2, 0) is 19.9 Å². The van der Waals surface area contributed by atoms with Crippen LogP contribution in [0.1, 0.15) is 11.1 Å². The van der Waals surface area contributed by atoms with E-state index in [1.807, 2.05) is 12.1 Å². The topological polar surface area (TPSA) is 25.2 Å². The van der Waals surface area contributed by atoms with Crippen molar-refractivity contribution in [2.24, 2.45) is 7.05 Å². The Bertz CT molecular complexity index is 798. The summed E-state index contributed by atoms with van der Waals surface area (Å²) in [5, 5.41) is 10.9. The molecule has 1 heterocycles. The fourth-order valence-corrected chi connectivity index (χ4v) is 3.33. The van der Waals surface area contributed by atoms with Crippen LogP contribution in [0.5, 0.6) is 5.75 Å². The zero-order chi connectivity index (χ0) is 13.0. The van der Waals surface area contributed by atoms with Crippen LogP contribution in [0.3, 0.4) is 0 Å². The monoisotopic (exact) mass is 249 g/mol. The molecule has 0 fully saturated rings. The Morgan fingerprint density at radius 2 is 1.89 bits per heavy atom. The molecule has 1 aliphatic rings. The molecule has 0 radical (unpaired) electrons. The van der Waals surface area contributed by atoms with Gasteiger partial charge in [-0.2, -0.15) is 0 Å². The smallest absolute Gasteiger partial charge is 0.116 e. The van der Waals surface area contributed by atoms with Crippen LogP contribution in [0.2, 0.25) is 0 Å². The predicted octanol–water partition coefficient (Wildman–Crippen LogP) is 3.65. The van der Waals surface area contributed by atoms with Gasteiger partial charge in [-0.1, -0.05) is 24.3 Å². The van der Waals surface area contributed by atoms with Gasteiger partial charge in [-0.15, -0.1) is 0 Å². The molecule has 0 unspecified atom stereocenters. The zero-order valence-electron chi connectivity index (χ0n) is 10.9. The number of aromatic hydroxyl groups is 1. The van der Waals surface area contributed by atoms with E-state index in [9.17, 15) is 5.11 Å². The molecule has 19 heavy (non-hydrogen) atoms. The van der Waals surface area contributed by atoms with Gasteiger partial charge in [-0.05, 0) is 42.2 Å². The lowest BCUT2D eigenvalue weighted by Gasteiger charge is -2.18. The Kier molecular flexibility index (Phi) is 2.05. The SMILES string of the molecule is Cn1c2c(c3cc(O)ccc31)CCc1ccccc1-2. The highest BCUT2D eigenvalue weighted by molar-refractivity contribution is 5.94. The maximum absolute atomic E-state index is 9.73. The Hall–Kier alpha value is -2.22. The number of phenols is 1. The average molecular weight is 249 g/mol. The van der Waals surface area contributed by atoms with Crippen LogP contribution >= 0.6 is 0 Å². The van der Waals surface area contributed by atoms with Crippen LogP contribution in [-0.4, -0.2) is 9.67 Å². The van der Waals surface area contributed by atoms with Gasteiger partial charge in [0.2, 0.25) is 0 Å². The third kappa shape index (κ3) is 1.37. The highest BCUT2D eigenvalue weighted by atomic mass is 16.3. The van der Waals surface area contributed by atoms with Crippen molar-refractivity contribution in [3.63, 3.8) is 0 Å². The van der Waals surface area contributed by atoms with E-state index in [-0.39, 0.29) is 0 Å². The minimum absolute atomic E-state index is 0.347. The first-order valence-corrected chi connectivity index (χ1v) is 6.64. The number of rotatable bonds is 0. The number of aryl methyl sites for hydroxylation is 3. The largest absolute Gasteiger partial charge is 0.508 e. The number of phenolic OH excluding ortho intramolecular Hbond substituents is 1. The van der Waals surface area contributed by atoms with Crippen molar-refractivity contribution in [1.82, 2.24) is 4.57 Å². The maximum Gasteiger partial charge on any atom is 0.116 e. The van der Waals surface area contributed by atoms with Gasteiger partial charge in [-0.3, -0.25) is 0 Å². The minimum Gasteiger partial charge on any atom is -0.508 e. The van der Waals surface area contributed by atoms with Crippen LogP contribution in [0, 0.1) is 0 Å². The summed E-state index contributed by atoms with van der Waals surface area (Å²) in [6, 6.07) is 14.3. The molecule has 1 aliphatic carbocycles. The summed E-state index contributed by atoms with van der Waals surface area (Å²) in [6.45, 7) is 0. The quantitative estimate of drug-likeness (QED) is 0.646. The number of benzene rings is 2. The van der Waals surface area contributed by atoms with Gasteiger partial charge >= 0.3 is 0 Å². The molecule has 0 spiro atoms. The van der Waals surface area contributed by atoms with E-state index < -0.39 is 0 Å². The summed E-state index contributed by atoms with van der Waals surface area (Å²) in [7, 11) is 2.11. The first-order valence-electron chi connectivity index (χ1n) is 6.64. The second kappa shape index (κ2) is 3.64. The molecular weight excluding hydrogens is 234 g/mol. The van der Waals surface area contributed by atoms with Crippen molar-refractivity contribution in [2.75, 3.05) is 0 Å². The van der Waals surface area contributed by atoms with Crippen molar-refractivity contribution >= 4 is 10.9 Å². The maximum atomic E-state index is 9.73. The van der Waals surface area contributed by atoms with E-state index in [0.29, 0.717) is 5.75 Å². The van der Waals surface area contributed by atoms with Crippen LogP contribution in [0.15, 0.2) is 42.5 Å². The number of aromatic nitrogens is 1. The number of fused-ring (bicyclic) bond motifs is 5. The predicted molar refractivity (Wildman–Crippen MR) is 77.4 cm³/mol. The molecule has 0 atom stereocenters. The molecule has 0 bridgehead atoms. The molecule has 2 nitrogen and oxygen atoms in total. The van der Waals surface area contributed by atoms with Crippen molar-refractivity contribution in [3.05, 3.63) is 53.6 Å². The molecule has 0 saturated carbocycles. The van der Waals surface area contributed by atoms with Gasteiger partial charge in [0, 0.05) is 23.5 Å². The van der Waals surface area contributed by atoms with E-state index in [2.05, 4.69) is 35.9 Å². The number of hydrogen-bond acceptors (Lipinski definition) is 1. The summed E-state index contributed by atoms with van der Waals surface area (Å²) in [6.07, 6.45) is 2.13. The van der Waals surface area contributed by atoms with Crippen LogP contribution in [0.4, 0.5) is 0 Å².